The topological polar surface area (TPSA) is 71.1 Å². The molecule has 0 atom stereocenters. The first-order valence-corrected chi connectivity index (χ1v) is 8.48. The quantitative estimate of drug-likeness (QED) is 0.875. The predicted molar refractivity (Wildman–Crippen MR) is 92.3 cm³/mol. The maximum atomic E-state index is 12.3. The van der Waals surface area contributed by atoms with E-state index in [2.05, 4.69) is 15.6 Å². The van der Waals surface area contributed by atoms with Gasteiger partial charge in [0.05, 0.1) is 16.9 Å². The summed E-state index contributed by atoms with van der Waals surface area (Å²) in [7, 11) is 0. The van der Waals surface area contributed by atoms with E-state index in [0.29, 0.717) is 20.7 Å². The van der Waals surface area contributed by atoms with Crippen LogP contribution in [0, 0.1) is 19.8 Å². The highest BCUT2D eigenvalue weighted by atomic mass is 35.5. The molecule has 0 radical (unpaired) electrons. The van der Waals surface area contributed by atoms with Gasteiger partial charge in [-0.05, 0) is 43.9 Å². The smallest absolute Gasteiger partial charge is 0.267 e. The second kappa shape index (κ2) is 6.29. The lowest BCUT2D eigenvalue weighted by Crippen LogP contribution is -2.13. The standard InChI is InChI=1S/C16H16ClN3O2S/c1-8-5-9(2)13(11(17)6-8)19-15(22)12-7-18-16(23-12)20-14(21)10-3-4-10/h5-7,10H,3-4H2,1-2H3,(H,19,22)(H,18,20,21). The third-order valence-corrected chi connectivity index (χ3v) is 4.79. The monoisotopic (exact) mass is 349 g/mol. The molecule has 120 valence electrons. The van der Waals surface area contributed by atoms with Crippen LogP contribution in [0.5, 0.6) is 0 Å². The molecule has 7 heteroatoms. The third-order valence-electron chi connectivity index (χ3n) is 3.58. The maximum Gasteiger partial charge on any atom is 0.267 e. The number of nitrogens with one attached hydrogen (secondary N) is 2. The molecule has 0 bridgehead atoms. The Morgan fingerprint density at radius 2 is 2.00 bits per heavy atom. The molecule has 1 aromatic carbocycles. The number of benzene rings is 1. The van der Waals surface area contributed by atoms with E-state index in [0.717, 1.165) is 35.3 Å². The van der Waals surface area contributed by atoms with Crippen LogP contribution in [-0.4, -0.2) is 16.8 Å². The summed E-state index contributed by atoms with van der Waals surface area (Å²) in [6.45, 7) is 3.84. The van der Waals surface area contributed by atoms with Crippen LogP contribution in [0.1, 0.15) is 33.6 Å². The molecule has 1 saturated carbocycles. The van der Waals surface area contributed by atoms with Crippen molar-refractivity contribution in [2.24, 2.45) is 5.92 Å². The Morgan fingerprint density at radius 3 is 2.65 bits per heavy atom. The first-order chi connectivity index (χ1) is 10.9. The van der Waals surface area contributed by atoms with Gasteiger partial charge >= 0.3 is 0 Å². The molecule has 2 amide bonds. The van der Waals surface area contributed by atoms with Gasteiger partial charge in [-0.25, -0.2) is 4.98 Å². The first-order valence-electron chi connectivity index (χ1n) is 7.29. The predicted octanol–water partition coefficient (Wildman–Crippen LogP) is 4.01. The molecule has 2 N–H and O–H groups in total. The van der Waals surface area contributed by atoms with Crippen molar-refractivity contribution in [1.29, 1.82) is 0 Å². The van der Waals surface area contributed by atoms with Crippen LogP contribution in [0.15, 0.2) is 18.3 Å². The zero-order valence-corrected chi connectivity index (χ0v) is 14.3. The second-order valence-corrected chi connectivity index (χ2v) is 7.12. The lowest BCUT2D eigenvalue weighted by atomic mass is 10.1. The SMILES string of the molecule is Cc1cc(C)c(NC(=O)c2cnc(NC(=O)C3CC3)s2)c(Cl)c1. The van der Waals surface area contributed by atoms with Crippen LogP contribution < -0.4 is 10.6 Å². The molecule has 0 saturated heterocycles. The zero-order valence-electron chi connectivity index (χ0n) is 12.8. The Kier molecular flexibility index (Phi) is 4.37. The number of carbonyl (C=O) groups excluding carboxylic acids is 2. The molecule has 1 aliphatic carbocycles. The van der Waals surface area contributed by atoms with Crippen molar-refractivity contribution in [3.05, 3.63) is 39.4 Å². The fourth-order valence-corrected chi connectivity index (χ4v) is 3.32. The molecule has 1 fully saturated rings. The summed E-state index contributed by atoms with van der Waals surface area (Å²) in [4.78, 5) is 28.5. The number of thiazole rings is 1. The Hall–Kier alpha value is -1.92. The van der Waals surface area contributed by atoms with E-state index in [1.165, 1.54) is 6.20 Å². The lowest BCUT2D eigenvalue weighted by Gasteiger charge is -2.10. The Balaban J connectivity index is 1.71. The molecular formula is C16H16ClN3O2S. The normalized spacial score (nSPS) is 13.7. The summed E-state index contributed by atoms with van der Waals surface area (Å²) in [5.41, 5.74) is 2.53. The Morgan fingerprint density at radius 1 is 1.26 bits per heavy atom. The van der Waals surface area contributed by atoms with Gasteiger partial charge in [0.15, 0.2) is 5.13 Å². The number of nitrogens with zero attached hydrogens (tertiary/aromatic N) is 1. The van der Waals surface area contributed by atoms with Crippen molar-refractivity contribution in [1.82, 2.24) is 4.98 Å². The molecule has 23 heavy (non-hydrogen) atoms. The van der Waals surface area contributed by atoms with Crippen LogP contribution in [-0.2, 0) is 4.79 Å². The number of anilines is 2. The first kappa shape index (κ1) is 16.0. The van der Waals surface area contributed by atoms with Crippen LogP contribution >= 0.6 is 22.9 Å². The average molecular weight is 350 g/mol. The van der Waals surface area contributed by atoms with Gasteiger partial charge < -0.3 is 10.6 Å². The van der Waals surface area contributed by atoms with E-state index in [9.17, 15) is 9.59 Å². The van der Waals surface area contributed by atoms with Gasteiger partial charge in [0, 0.05) is 5.92 Å². The van der Waals surface area contributed by atoms with E-state index in [1.54, 1.807) is 6.07 Å². The van der Waals surface area contributed by atoms with Crippen molar-refractivity contribution >= 4 is 45.6 Å². The van der Waals surface area contributed by atoms with E-state index < -0.39 is 0 Å². The highest BCUT2D eigenvalue weighted by Crippen LogP contribution is 2.31. The Labute approximate surface area is 143 Å². The highest BCUT2D eigenvalue weighted by Gasteiger charge is 2.30. The summed E-state index contributed by atoms with van der Waals surface area (Å²) in [5, 5.41) is 6.49. The maximum absolute atomic E-state index is 12.3. The molecule has 1 aromatic heterocycles. The van der Waals surface area contributed by atoms with Crippen molar-refractivity contribution in [2.75, 3.05) is 10.6 Å². The van der Waals surface area contributed by atoms with Gasteiger partial charge in [-0.15, -0.1) is 0 Å². The average Bonchev–Trinajstić information content (AvgIpc) is 3.23. The minimum Gasteiger partial charge on any atom is -0.320 e. The fourth-order valence-electron chi connectivity index (χ4n) is 2.24. The molecule has 0 aliphatic heterocycles. The summed E-state index contributed by atoms with van der Waals surface area (Å²) >= 11 is 7.35. The summed E-state index contributed by atoms with van der Waals surface area (Å²) in [5.74, 6) is -0.211. The fraction of sp³-hybridized carbons (Fsp3) is 0.312. The van der Waals surface area contributed by atoms with Gasteiger partial charge in [-0.2, -0.15) is 0 Å². The number of halogens is 1. The number of hydrogen-bond acceptors (Lipinski definition) is 4. The molecule has 2 aromatic rings. The van der Waals surface area contributed by atoms with Gasteiger partial charge in [0.1, 0.15) is 4.88 Å². The molecular weight excluding hydrogens is 334 g/mol. The van der Waals surface area contributed by atoms with Gasteiger partial charge in [-0.3, -0.25) is 9.59 Å². The van der Waals surface area contributed by atoms with E-state index in [4.69, 9.17) is 11.6 Å². The second-order valence-electron chi connectivity index (χ2n) is 5.69. The lowest BCUT2D eigenvalue weighted by molar-refractivity contribution is -0.117. The van der Waals surface area contributed by atoms with Gasteiger partial charge in [-0.1, -0.05) is 29.0 Å². The van der Waals surface area contributed by atoms with Crippen molar-refractivity contribution in [3.8, 4) is 0 Å². The molecule has 1 aliphatic rings. The minimum atomic E-state index is -0.289. The van der Waals surface area contributed by atoms with Crippen molar-refractivity contribution in [3.63, 3.8) is 0 Å². The molecule has 1 heterocycles. The minimum absolute atomic E-state index is 0.0243. The number of amides is 2. The van der Waals surface area contributed by atoms with Crippen LogP contribution in [0.25, 0.3) is 0 Å². The molecule has 0 unspecified atom stereocenters. The van der Waals surface area contributed by atoms with E-state index >= 15 is 0 Å². The summed E-state index contributed by atoms with van der Waals surface area (Å²) in [6.07, 6.45) is 3.31. The largest absolute Gasteiger partial charge is 0.320 e. The van der Waals surface area contributed by atoms with Crippen LogP contribution in [0.4, 0.5) is 10.8 Å². The van der Waals surface area contributed by atoms with Crippen LogP contribution in [0.3, 0.4) is 0 Å². The zero-order chi connectivity index (χ0) is 16.6. The molecule has 3 rings (SSSR count). The van der Waals surface area contributed by atoms with Crippen LogP contribution in [0.2, 0.25) is 5.02 Å². The number of aromatic nitrogens is 1. The van der Waals surface area contributed by atoms with Crippen molar-refractivity contribution in [2.45, 2.75) is 26.7 Å². The molecule has 5 nitrogen and oxygen atoms in total. The Bertz CT molecular complexity index is 760. The molecule has 0 spiro atoms. The third kappa shape index (κ3) is 3.71. The number of carbonyl (C=O) groups is 2. The van der Waals surface area contributed by atoms with Crippen molar-refractivity contribution < 1.29 is 9.59 Å². The highest BCUT2D eigenvalue weighted by molar-refractivity contribution is 7.17. The summed E-state index contributed by atoms with van der Waals surface area (Å²) < 4.78 is 0. The number of hydrogen-bond donors (Lipinski definition) is 2. The number of rotatable bonds is 4. The van der Waals surface area contributed by atoms with E-state index in [-0.39, 0.29) is 17.7 Å². The number of aryl methyl sites for hydroxylation is 2. The van der Waals surface area contributed by atoms with E-state index in [1.807, 2.05) is 19.9 Å². The van der Waals surface area contributed by atoms with Gasteiger partial charge in [0.25, 0.3) is 5.91 Å². The summed E-state index contributed by atoms with van der Waals surface area (Å²) in [6, 6.07) is 3.76. The van der Waals surface area contributed by atoms with Gasteiger partial charge in [0.2, 0.25) is 5.91 Å².